The summed E-state index contributed by atoms with van der Waals surface area (Å²) in [6.45, 7) is 3.51. The summed E-state index contributed by atoms with van der Waals surface area (Å²) in [5, 5.41) is 7.32. The number of carbonyl (C=O) groups excluding carboxylic acids is 1. The normalized spacial score (nSPS) is 14.2. The van der Waals surface area contributed by atoms with Gasteiger partial charge in [-0.1, -0.05) is 35.3 Å². The molecule has 3 rings (SSSR count). The van der Waals surface area contributed by atoms with Gasteiger partial charge in [0.1, 0.15) is 0 Å². The number of nitrogens with one attached hydrogen (secondary N) is 2. The third-order valence-corrected chi connectivity index (χ3v) is 4.69. The minimum absolute atomic E-state index is 0.0589. The third kappa shape index (κ3) is 5.04. The first kappa shape index (κ1) is 18.8. The zero-order chi connectivity index (χ0) is 18.4. The molecule has 0 radical (unpaired) electrons. The smallest absolute Gasteiger partial charge is 0.226 e. The number of nitrogens with zero attached hydrogens (tertiary/aromatic N) is 1. The van der Waals surface area contributed by atoms with Crippen LogP contribution in [0.1, 0.15) is 6.42 Å². The van der Waals surface area contributed by atoms with Crippen LogP contribution in [-0.4, -0.2) is 38.8 Å². The zero-order valence-corrected chi connectivity index (χ0v) is 15.8. The summed E-state index contributed by atoms with van der Waals surface area (Å²) in [5.74, 6) is -0.0589. The number of benzene rings is 2. The predicted molar refractivity (Wildman–Crippen MR) is 108 cm³/mol. The van der Waals surface area contributed by atoms with E-state index in [1.165, 1.54) is 0 Å². The van der Waals surface area contributed by atoms with Crippen LogP contribution in [0.4, 0.5) is 17.1 Å². The molecule has 1 heterocycles. The molecule has 0 saturated carbocycles. The van der Waals surface area contributed by atoms with Crippen LogP contribution in [0.25, 0.3) is 0 Å². The first-order chi connectivity index (χ1) is 12.6. The molecule has 2 aromatic rings. The first-order valence-corrected chi connectivity index (χ1v) is 9.29. The van der Waals surface area contributed by atoms with Crippen molar-refractivity contribution in [3.8, 4) is 0 Å². The van der Waals surface area contributed by atoms with E-state index in [9.17, 15) is 4.79 Å². The van der Waals surface area contributed by atoms with Gasteiger partial charge in [0.05, 0.1) is 35.3 Å². The molecule has 0 spiro atoms. The molecular formula is C19H21Cl2N3O2. The molecule has 0 atom stereocenters. The van der Waals surface area contributed by atoms with Gasteiger partial charge in [0, 0.05) is 31.1 Å². The van der Waals surface area contributed by atoms with Gasteiger partial charge < -0.3 is 20.3 Å². The number of amides is 1. The van der Waals surface area contributed by atoms with E-state index in [2.05, 4.69) is 15.5 Å². The highest BCUT2D eigenvalue weighted by molar-refractivity contribution is 6.35. The summed E-state index contributed by atoms with van der Waals surface area (Å²) in [5.41, 5.74) is 2.57. The van der Waals surface area contributed by atoms with Crippen molar-refractivity contribution in [1.29, 1.82) is 0 Å². The molecule has 1 aliphatic rings. The van der Waals surface area contributed by atoms with E-state index >= 15 is 0 Å². The number of hydrogen-bond donors (Lipinski definition) is 2. The maximum atomic E-state index is 12.3. The quantitative estimate of drug-likeness (QED) is 0.769. The van der Waals surface area contributed by atoms with Gasteiger partial charge in [-0.25, -0.2) is 0 Å². The molecule has 5 nitrogen and oxygen atoms in total. The highest BCUT2D eigenvalue weighted by Gasteiger charge is 2.15. The number of morpholine rings is 1. The molecule has 138 valence electrons. The van der Waals surface area contributed by atoms with Crippen molar-refractivity contribution in [3.05, 3.63) is 52.5 Å². The number of para-hydroxylation sites is 2. The Morgan fingerprint density at radius 2 is 1.85 bits per heavy atom. The van der Waals surface area contributed by atoms with Crippen molar-refractivity contribution >= 4 is 46.2 Å². The highest BCUT2D eigenvalue weighted by atomic mass is 35.5. The van der Waals surface area contributed by atoms with Crippen LogP contribution in [0.15, 0.2) is 42.5 Å². The van der Waals surface area contributed by atoms with Crippen LogP contribution in [0.5, 0.6) is 0 Å². The van der Waals surface area contributed by atoms with Crippen molar-refractivity contribution in [1.82, 2.24) is 0 Å². The van der Waals surface area contributed by atoms with E-state index in [0.29, 0.717) is 36.2 Å². The van der Waals surface area contributed by atoms with Gasteiger partial charge in [0.25, 0.3) is 0 Å². The van der Waals surface area contributed by atoms with Gasteiger partial charge in [0.15, 0.2) is 0 Å². The average molecular weight is 394 g/mol. The summed E-state index contributed by atoms with van der Waals surface area (Å²) in [7, 11) is 0. The largest absolute Gasteiger partial charge is 0.383 e. The monoisotopic (exact) mass is 393 g/mol. The molecule has 1 fully saturated rings. The molecule has 7 heteroatoms. The van der Waals surface area contributed by atoms with Crippen LogP contribution in [-0.2, 0) is 9.53 Å². The van der Waals surface area contributed by atoms with E-state index in [0.717, 1.165) is 30.2 Å². The lowest BCUT2D eigenvalue weighted by Crippen LogP contribution is -2.36. The maximum Gasteiger partial charge on any atom is 0.226 e. The Labute approximate surface area is 163 Å². The molecule has 2 N–H and O–H groups in total. The standard InChI is InChI=1S/C19H21Cl2N3O2/c20-14-5-6-15(21)17(13-14)22-8-7-19(25)23-16-3-1-2-4-18(16)24-9-11-26-12-10-24/h1-6,13,22H,7-12H2,(H,23,25). The third-order valence-electron chi connectivity index (χ3n) is 4.13. The van der Waals surface area contributed by atoms with Gasteiger partial charge in [-0.3, -0.25) is 4.79 Å². The predicted octanol–water partition coefficient (Wildman–Crippen LogP) is 4.27. The highest BCUT2D eigenvalue weighted by Crippen LogP contribution is 2.27. The fourth-order valence-corrected chi connectivity index (χ4v) is 3.17. The van der Waals surface area contributed by atoms with Crippen LogP contribution in [0, 0.1) is 0 Å². The first-order valence-electron chi connectivity index (χ1n) is 8.54. The van der Waals surface area contributed by atoms with E-state index in [1.807, 2.05) is 24.3 Å². The summed E-state index contributed by atoms with van der Waals surface area (Å²) in [6, 6.07) is 13.0. The van der Waals surface area contributed by atoms with Crippen molar-refractivity contribution < 1.29 is 9.53 Å². The average Bonchev–Trinajstić information content (AvgIpc) is 2.66. The van der Waals surface area contributed by atoms with E-state index in [1.54, 1.807) is 18.2 Å². The van der Waals surface area contributed by atoms with Gasteiger partial charge in [-0.2, -0.15) is 0 Å². The number of hydrogen-bond acceptors (Lipinski definition) is 4. The van der Waals surface area contributed by atoms with Crippen LogP contribution >= 0.6 is 23.2 Å². The minimum Gasteiger partial charge on any atom is -0.383 e. The van der Waals surface area contributed by atoms with E-state index < -0.39 is 0 Å². The molecule has 0 aliphatic carbocycles. The maximum absolute atomic E-state index is 12.3. The molecule has 1 amide bonds. The lowest BCUT2D eigenvalue weighted by molar-refractivity contribution is -0.115. The van der Waals surface area contributed by atoms with Crippen molar-refractivity contribution in [2.75, 3.05) is 48.4 Å². The Kier molecular flexibility index (Phi) is 6.61. The number of halogens is 2. The molecule has 1 aliphatic heterocycles. The molecule has 26 heavy (non-hydrogen) atoms. The Morgan fingerprint density at radius 3 is 2.65 bits per heavy atom. The van der Waals surface area contributed by atoms with Crippen molar-refractivity contribution in [3.63, 3.8) is 0 Å². The summed E-state index contributed by atoms with van der Waals surface area (Å²) in [6.07, 6.45) is 0.320. The van der Waals surface area contributed by atoms with E-state index in [4.69, 9.17) is 27.9 Å². The minimum atomic E-state index is -0.0589. The molecular weight excluding hydrogens is 373 g/mol. The number of anilines is 3. The van der Waals surface area contributed by atoms with Gasteiger partial charge in [-0.15, -0.1) is 0 Å². The Bertz CT molecular complexity index is 764. The van der Waals surface area contributed by atoms with Gasteiger partial charge in [0.2, 0.25) is 5.91 Å². The number of rotatable bonds is 6. The van der Waals surface area contributed by atoms with Crippen molar-refractivity contribution in [2.24, 2.45) is 0 Å². The zero-order valence-electron chi connectivity index (χ0n) is 14.3. The Balaban J connectivity index is 1.56. The number of carbonyl (C=O) groups is 1. The fourth-order valence-electron chi connectivity index (χ4n) is 2.82. The molecule has 1 saturated heterocycles. The summed E-state index contributed by atoms with van der Waals surface area (Å²) in [4.78, 5) is 14.6. The lowest BCUT2D eigenvalue weighted by atomic mass is 10.2. The molecule has 0 unspecified atom stereocenters. The van der Waals surface area contributed by atoms with Crippen molar-refractivity contribution in [2.45, 2.75) is 6.42 Å². The van der Waals surface area contributed by atoms with Crippen LogP contribution in [0.3, 0.4) is 0 Å². The number of ether oxygens (including phenoxy) is 1. The molecule has 0 bridgehead atoms. The lowest BCUT2D eigenvalue weighted by Gasteiger charge is -2.30. The SMILES string of the molecule is O=C(CCNc1cc(Cl)ccc1Cl)Nc1ccccc1N1CCOCC1. The van der Waals surface area contributed by atoms with Gasteiger partial charge >= 0.3 is 0 Å². The summed E-state index contributed by atoms with van der Waals surface area (Å²) >= 11 is 12.1. The summed E-state index contributed by atoms with van der Waals surface area (Å²) < 4.78 is 5.40. The fraction of sp³-hybridized carbons (Fsp3) is 0.316. The second-order valence-corrected chi connectivity index (χ2v) is 6.81. The second-order valence-electron chi connectivity index (χ2n) is 5.97. The van der Waals surface area contributed by atoms with Crippen LogP contribution in [0.2, 0.25) is 10.0 Å². The molecule has 2 aromatic carbocycles. The Morgan fingerprint density at radius 1 is 1.08 bits per heavy atom. The Hall–Kier alpha value is -1.95. The topological polar surface area (TPSA) is 53.6 Å². The van der Waals surface area contributed by atoms with Gasteiger partial charge in [-0.05, 0) is 30.3 Å². The molecule has 0 aromatic heterocycles. The van der Waals surface area contributed by atoms with Crippen LogP contribution < -0.4 is 15.5 Å². The van der Waals surface area contributed by atoms with E-state index in [-0.39, 0.29) is 5.91 Å². The second kappa shape index (κ2) is 9.12.